The molecule has 9 heteroatoms. The van der Waals surface area contributed by atoms with E-state index < -0.39 is 9.84 Å². The highest BCUT2D eigenvalue weighted by Gasteiger charge is 2.15. The molecule has 0 atom stereocenters. The summed E-state index contributed by atoms with van der Waals surface area (Å²) in [7, 11) is -1.12. The molecule has 34 heavy (non-hydrogen) atoms. The molecule has 0 amide bonds. The molecule has 0 aliphatic carbocycles. The van der Waals surface area contributed by atoms with E-state index in [1.165, 1.54) is 11.9 Å². The van der Waals surface area contributed by atoms with Crippen LogP contribution in [0.1, 0.15) is 11.4 Å². The van der Waals surface area contributed by atoms with E-state index in [1.807, 2.05) is 24.4 Å². The van der Waals surface area contributed by atoms with Crippen LogP contribution < -0.4 is 10.2 Å². The minimum atomic E-state index is -3.28. The quantitative estimate of drug-likeness (QED) is 0.458. The zero-order valence-electron chi connectivity index (χ0n) is 19.3. The van der Waals surface area contributed by atoms with Crippen LogP contribution in [0.3, 0.4) is 0 Å². The first-order valence-corrected chi connectivity index (χ1v) is 13.2. The number of likely N-dealkylation sites (N-methyl/N-ethyl adjacent to an activating group) is 1. The molecule has 0 bridgehead atoms. The first-order valence-electron chi connectivity index (χ1n) is 11.3. The fraction of sp³-hybridized carbons (Fsp3) is 0.280. The third-order valence-corrected chi connectivity index (χ3v) is 7.22. The van der Waals surface area contributed by atoms with Crippen LogP contribution in [0.25, 0.3) is 5.65 Å². The van der Waals surface area contributed by atoms with Crippen molar-refractivity contribution in [3.63, 3.8) is 0 Å². The van der Waals surface area contributed by atoms with Gasteiger partial charge in [-0.1, -0.05) is 18.2 Å². The van der Waals surface area contributed by atoms with Crippen molar-refractivity contribution < 1.29 is 8.42 Å². The highest BCUT2D eigenvalue weighted by Crippen LogP contribution is 2.24. The Morgan fingerprint density at radius 2 is 1.74 bits per heavy atom. The second-order valence-electron chi connectivity index (χ2n) is 8.78. The first kappa shape index (κ1) is 22.4. The van der Waals surface area contributed by atoms with Gasteiger partial charge >= 0.3 is 0 Å². The Hall–Kier alpha value is -3.43. The van der Waals surface area contributed by atoms with Crippen molar-refractivity contribution in [2.45, 2.75) is 11.3 Å². The molecule has 2 aromatic heterocycles. The van der Waals surface area contributed by atoms with Crippen LogP contribution >= 0.6 is 0 Å². The molecule has 0 unspecified atom stereocenters. The molecular weight excluding hydrogens is 448 g/mol. The van der Waals surface area contributed by atoms with Gasteiger partial charge in [0, 0.05) is 56.4 Å². The smallest absolute Gasteiger partial charge is 0.179 e. The third-order valence-electron chi connectivity index (χ3n) is 6.11. The van der Waals surface area contributed by atoms with Gasteiger partial charge in [-0.15, -0.1) is 0 Å². The lowest BCUT2D eigenvalue weighted by Crippen LogP contribution is -2.44. The number of fused-ring (bicyclic) bond motifs is 1. The molecule has 1 saturated heterocycles. The van der Waals surface area contributed by atoms with Gasteiger partial charge in [0.25, 0.3) is 0 Å². The second kappa shape index (κ2) is 9.08. The van der Waals surface area contributed by atoms with E-state index in [1.54, 1.807) is 22.7 Å². The van der Waals surface area contributed by atoms with Gasteiger partial charge in [0.15, 0.2) is 21.3 Å². The zero-order chi connectivity index (χ0) is 23.7. The Bertz CT molecular complexity index is 1410. The van der Waals surface area contributed by atoms with Crippen molar-refractivity contribution in [2.24, 2.45) is 0 Å². The average Bonchev–Trinajstić information content (AvgIpc) is 3.23. The van der Waals surface area contributed by atoms with Gasteiger partial charge < -0.3 is 15.1 Å². The highest BCUT2D eigenvalue weighted by molar-refractivity contribution is 7.90. The summed E-state index contributed by atoms with van der Waals surface area (Å²) in [6, 6.07) is 19.2. The lowest BCUT2D eigenvalue weighted by molar-refractivity contribution is 0.313. The molecule has 0 saturated carbocycles. The summed E-state index contributed by atoms with van der Waals surface area (Å²) in [6.07, 6.45) is 3.70. The summed E-state index contributed by atoms with van der Waals surface area (Å²) in [5.41, 5.74) is 4.54. The Balaban J connectivity index is 1.34. The van der Waals surface area contributed by atoms with Crippen molar-refractivity contribution in [3.05, 3.63) is 78.2 Å². The molecule has 8 nitrogen and oxygen atoms in total. The summed E-state index contributed by atoms with van der Waals surface area (Å²) in [4.78, 5) is 9.79. The van der Waals surface area contributed by atoms with Gasteiger partial charge in [-0.25, -0.2) is 17.9 Å². The number of sulfone groups is 1. The second-order valence-corrected chi connectivity index (χ2v) is 10.8. The maximum Gasteiger partial charge on any atom is 0.179 e. The van der Waals surface area contributed by atoms with Crippen LogP contribution in [-0.4, -0.2) is 67.4 Å². The molecule has 1 fully saturated rings. The fourth-order valence-electron chi connectivity index (χ4n) is 4.15. The minimum Gasteiger partial charge on any atom is -0.369 e. The van der Waals surface area contributed by atoms with Crippen molar-refractivity contribution in [1.82, 2.24) is 19.5 Å². The van der Waals surface area contributed by atoms with Crippen LogP contribution in [0.5, 0.6) is 0 Å². The molecule has 3 heterocycles. The molecule has 4 aromatic rings. The highest BCUT2D eigenvalue weighted by atomic mass is 32.2. The summed E-state index contributed by atoms with van der Waals surface area (Å²) < 4.78 is 25.5. The Morgan fingerprint density at radius 1 is 0.971 bits per heavy atom. The number of piperazine rings is 1. The largest absolute Gasteiger partial charge is 0.369 e. The first-order chi connectivity index (χ1) is 16.3. The number of rotatable bonds is 6. The predicted molar refractivity (Wildman–Crippen MR) is 135 cm³/mol. The molecule has 0 spiro atoms. The maximum absolute atomic E-state index is 11.9. The van der Waals surface area contributed by atoms with Gasteiger partial charge in [0.1, 0.15) is 0 Å². The van der Waals surface area contributed by atoms with Crippen LogP contribution in [0.2, 0.25) is 0 Å². The molecule has 2 aromatic carbocycles. The van der Waals surface area contributed by atoms with E-state index in [9.17, 15) is 8.42 Å². The minimum absolute atomic E-state index is 0.270. The van der Waals surface area contributed by atoms with Crippen molar-refractivity contribution in [2.75, 3.05) is 49.7 Å². The maximum atomic E-state index is 11.9. The number of pyridine rings is 1. The lowest BCUT2D eigenvalue weighted by atomic mass is 10.1. The predicted octanol–water partition coefficient (Wildman–Crippen LogP) is 3.22. The number of benzene rings is 2. The van der Waals surface area contributed by atoms with Gasteiger partial charge in [-0.3, -0.25) is 0 Å². The fourth-order valence-corrected chi connectivity index (χ4v) is 4.82. The van der Waals surface area contributed by atoms with Gasteiger partial charge in [0.2, 0.25) is 0 Å². The van der Waals surface area contributed by atoms with Crippen molar-refractivity contribution in [1.29, 1.82) is 0 Å². The Morgan fingerprint density at radius 3 is 2.47 bits per heavy atom. The summed E-state index contributed by atoms with van der Waals surface area (Å²) in [6.45, 7) is 4.27. The number of nitrogens with one attached hydrogen (secondary N) is 1. The van der Waals surface area contributed by atoms with E-state index in [2.05, 4.69) is 51.5 Å². The standard InChI is InChI=1S/C25H28N6O2S/c1-29-13-15-30(16-14-29)21-10-8-19(9-11-21)17-24-27-25-23(7-4-12-31(25)28-24)26-20-5-3-6-22(18-20)34(2,32)33/h3-12,18,26H,13-17H2,1-2H3. The third kappa shape index (κ3) is 4.90. The molecule has 176 valence electrons. The summed E-state index contributed by atoms with van der Waals surface area (Å²) in [5, 5.41) is 7.93. The zero-order valence-corrected chi connectivity index (χ0v) is 20.2. The summed E-state index contributed by atoms with van der Waals surface area (Å²) in [5.74, 6) is 0.728. The van der Waals surface area contributed by atoms with Crippen LogP contribution in [0, 0.1) is 0 Å². The molecular formula is C25H28N6O2S. The number of anilines is 3. The molecule has 5 rings (SSSR count). The molecule has 1 aliphatic heterocycles. The molecule has 1 N–H and O–H groups in total. The normalized spacial score (nSPS) is 15.1. The number of hydrogen-bond donors (Lipinski definition) is 1. The average molecular weight is 477 g/mol. The number of hydrogen-bond acceptors (Lipinski definition) is 7. The van der Waals surface area contributed by atoms with Crippen LogP contribution in [0.15, 0.2) is 71.8 Å². The van der Waals surface area contributed by atoms with Crippen LogP contribution in [-0.2, 0) is 16.3 Å². The molecule has 0 radical (unpaired) electrons. The van der Waals surface area contributed by atoms with Gasteiger partial charge in [-0.05, 0) is 55.1 Å². The summed E-state index contributed by atoms with van der Waals surface area (Å²) >= 11 is 0. The lowest BCUT2D eigenvalue weighted by Gasteiger charge is -2.34. The number of aromatic nitrogens is 3. The van der Waals surface area contributed by atoms with Crippen molar-refractivity contribution in [3.8, 4) is 0 Å². The Kier molecular flexibility index (Phi) is 5.97. The van der Waals surface area contributed by atoms with E-state index in [4.69, 9.17) is 4.98 Å². The Labute approximate surface area is 199 Å². The van der Waals surface area contributed by atoms with Crippen molar-refractivity contribution >= 4 is 32.5 Å². The topological polar surface area (TPSA) is 82.8 Å². The van der Waals surface area contributed by atoms with E-state index in [-0.39, 0.29) is 4.90 Å². The van der Waals surface area contributed by atoms with E-state index in [0.717, 1.165) is 43.3 Å². The monoisotopic (exact) mass is 476 g/mol. The van der Waals surface area contributed by atoms with Gasteiger partial charge in [-0.2, -0.15) is 5.10 Å². The number of nitrogens with zero attached hydrogens (tertiary/aromatic N) is 5. The van der Waals surface area contributed by atoms with Gasteiger partial charge in [0.05, 0.1) is 10.6 Å². The molecule has 1 aliphatic rings. The SMILES string of the molecule is CN1CCN(c2ccc(Cc3nc4c(Nc5cccc(S(C)(=O)=O)c5)cccn4n3)cc2)CC1. The van der Waals surface area contributed by atoms with E-state index in [0.29, 0.717) is 17.8 Å². The van der Waals surface area contributed by atoms with E-state index >= 15 is 0 Å². The van der Waals surface area contributed by atoms with Crippen LogP contribution in [0.4, 0.5) is 17.1 Å².